The van der Waals surface area contributed by atoms with Gasteiger partial charge in [0.25, 0.3) is 0 Å². The molecule has 0 fully saturated rings. The molecule has 68 valence electrons. The Hall–Kier alpha value is -0.120. The SMILES string of the molecule is COCCCNC(C)C(C)O. The zero-order valence-corrected chi connectivity index (χ0v) is 7.63. The number of rotatable bonds is 6. The van der Waals surface area contributed by atoms with Crippen molar-refractivity contribution in [1.29, 1.82) is 0 Å². The number of hydrogen-bond donors (Lipinski definition) is 2. The topological polar surface area (TPSA) is 41.5 Å². The van der Waals surface area contributed by atoms with E-state index in [0.29, 0.717) is 0 Å². The maximum Gasteiger partial charge on any atom is 0.0662 e. The monoisotopic (exact) mass is 161 g/mol. The van der Waals surface area contributed by atoms with Gasteiger partial charge in [-0.25, -0.2) is 0 Å². The first-order valence-electron chi connectivity index (χ1n) is 4.09. The van der Waals surface area contributed by atoms with E-state index in [4.69, 9.17) is 9.84 Å². The van der Waals surface area contributed by atoms with Gasteiger partial charge in [-0.05, 0) is 26.8 Å². The summed E-state index contributed by atoms with van der Waals surface area (Å²) >= 11 is 0. The lowest BCUT2D eigenvalue weighted by molar-refractivity contribution is 0.148. The van der Waals surface area contributed by atoms with Gasteiger partial charge in [0, 0.05) is 19.8 Å². The molecule has 0 radical (unpaired) electrons. The van der Waals surface area contributed by atoms with E-state index in [1.165, 1.54) is 0 Å². The minimum atomic E-state index is -0.280. The van der Waals surface area contributed by atoms with Crippen molar-refractivity contribution in [3.63, 3.8) is 0 Å². The highest BCUT2D eigenvalue weighted by Gasteiger charge is 2.05. The lowest BCUT2D eigenvalue weighted by Crippen LogP contribution is -2.36. The number of nitrogens with one attached hydrogen (secondary N) is 1. The summed E-state index contributed by atoms with van der Waals surface area (Å²) in [4.78, 5) is 0. The lowest BCUT2D eigenvalue weighted by Gasteiger charge is -2.15. The van der Waals surface area contributed by atoms with Gasteiger partial charge in [0.15, 0.2) is 0 Å². The molecule has 2 atom stereocenters. The van der Waals surface area contributed by atoms with Gasteiger partial charge in [-0.15, -0.1) is 0 Å². The quantitative estimate of drug-likeness (QED) is 0.553. The molecule has 3 heteroatoms. The van der Waals surface area contributed by atoms with Crippen molar-refractivity contribution in [2.24, 2.45) is 0 Å². The van der Waals surface area contributed by atoms with Crippen molar-refractivity contribution < 1.29 is 9.84 Å². The Bertz CT molecular complexity index is 86.2. The molecule has 0 aliphatic rings. The van der Waals surface area contributed by atoms with Crippen LogP contribution in [-0.2, 0) is 4.74 Å². The smallest absolute Gasteiger partial charge is 0.0662 e. The van der Waals surface area contributed by atoms with Crippen LogP contribution < -0.4 is 5.32 Å². The summed E-state index contributed by atoms with van der Waals surface area (Å²) in [7, 11) is 1.69. The number of methoxy groups -OCH3 is 1. The van der Waals surface area contributed by atoms with E-state index in [0.717, 1.165) is 19.6 Å². The normalized spacial score (nSPS) is 16.4. The van der Waals surface area contributed by atoms with E-state index in [1.54, 1.807) is 14.0 Å². The van der Waals surface area contributed by atoms with Crippen molar-refractivity contribution >= 4 is 0 Å². The van der Waals surface area contributed by atoms with Gasteiger partial charge < -0.3 is 15.2 Å². The largest absolute Gasteiger partial charge is 0.392 e. The summed E-state index contributed by atoms with van der Waals surface area (Å²) in [6.07, 6.45) is 0.714. The summed E-state index contributed by atoms with van der Waals surface area (Å²) in [5.41, 5.74) is 0. The maximum absolute atomic E-state index is 9.08. The maximum atomic E-state index is 9.08. The van der Waals surface area contributed by atoms with Gasteiger partial charge in [-0.1, -0.05) is 0 Å². The van der Waals surface area contributed by atoms with Crippen LogP contribution in [0.1, 0.15) is 20.3 Å². The second-order valence-electron chi connectivity index (χ2n) is 2.83. The van der Waals surface area contributed by atoms with Crippen LogP contribution in [0.25, 0.3) is 0 Å². The minimum Gasteiger partial charge on any atom is -0.392 e. The molecule has 2 N–H and O–H groups in total. The van der Waals surface area contributed by atoms with E-state index < -0.39 is 0 Å². The zero-order chi connectivity index (χ0) is 8.69. The highest BCUT2D eigenvalue weighted by molar-refractivity contribution is 4.65. The van der Waals surface area contributed by atoms with E-state index in [-0.39, 0.29) is 12.1 Å². The molecule has 0 bridgehead atoms. The Morgan fingerprint density at radius 3 is 2.55 bits per heavy atom. The molecule has 0 saturated heterocycles. The Kier molecular flexibility index (Phi) is 6.51. The first-order valence-corrected chi connectivity index (χ1v) is 4.09. The molecular weight excluding hydrogens is 142 g/mol. The van der Waals surface area contributed by atoms with E-state index in [1.807, 2.05) is 6.92 Å². The summed E-state index contributed by atoms with van der Waals surface area (Å²) in [5, 5.41) is 12.3. The number of aliphatic hydroxyl groups excluding tert-OH is 1. The highest BCUT2D eigenvalue weighted by atomic mass is 16.5. The third-order valence-corrected chi connectivity index (χ3v) is 1.72. The minimum absolute atomic E-state index is 0.173. The molecule has 0 spiro atoms. The van der Waals surface area contributed by atoms with E-state index >= 15 is 0 Å². The van der Waals surface area contributed by atoms with Crippen LogP contribution in [0.3, 0.4) is 0 Å². The predicted octanol–water partition coefficient (Wildman–Crippen LogP) is 0.382. The molecule has 0 aromatic heterocycles. The average molecular weight is 161 g/mol. The van der Waals surface area contributed by atoms with Gasteiger partial charge in [-0.3, -0.25) is 0 Å². The summed E-state index contributed by atoms with van der Waals surface area (Å²) in [6.45, 7) is 5.44. The van der Waals surface area contributed by atoms with Crippen molar-refractivity contribution in [2.75, 3.05) is 20.3 Å². The Labute approximate surface area is 68.8 Å². The third kappa shape index (κ3) is 6.28. The second kappa shape index (κ2) is 6.58. The molecular formula is C8H19NO2. The first kappa shape index (κ1) is 10.9. The van der Waals surface area contributed by atoms with Gasteiger partial charge in [0.2, 0.25) is 0 Å². The standard InChI is InChI=1S/C8H19NO2/c1-7(8(2)10)9-5-4-6-11-3/h7-10H,4-6H2,1-3H3. The fourth-order valence-corrected chi connectivity index (χ4v) is 0.717. The summed E-state index contributed by atoms with van der Waals surface area (Å²) in [5.74, 6) is 0. The highest BCUT2D eigenvalue weighted by Crippen LogP contribution is 1.90. The molecule has 11 heavy (non-hydrogen) atoms. The van der Waals surface area contributed by atoms with Crippen molar-refractivity contribution in [1.82, 2.24) is 5.32 Å². The van der Waals surface area contributed by atoms with Crippen LogP contribution in [0.15, 0.2) is 0 Å². The van der Waals surface area contributed by atoms with E-state index in [2.05, 4.69) is 5.32 Å². The van der Waals surface area contributed by atoms with Crippen molar-refractivity contribution in [2.45, 2.75) is 32.4 Å². The molecule has 0 aliphatic carbocycles. The van der Waals surface area contributed by atoms with Gasteiger partial charge in [0.05, 0.1) is 6.10 Å². The van der Waals surface area contributed by atoms with Crippen molar-refractivity contribution in [3.05, 3.63) is 0 Å². The fraction of sp³-hybridized carbons (Fsp3) is 1.00. The van der Waals surface area contributed by atoms with E-state index in [9.17, 15) is 0 Å². The van der Waals surface area contributed by atoms with Crippen LogP contribution in [0.5, 0.6) is 0 Å². The third-order valence-electron chi connectivity index (χ3n) is 1.72. The van der Waals surface area contributed by atoms with Gasteiger partial charge in [-0.2, -0.15) is 0 Å². The molecule has 0 rings (SSSR count). The average Bonchev–Trinajstić information content (AvgIpc) is 1.97. The molecule has 0 saturated carbocycles. The Morgan fingerprint density at radius 1 is 1.45 bits per heavy atom. The second-order valence-corrected chi connectivity index (χ2v) is 2.83. The number of aliphatic hydroxyl groups is 1. The molecule has 2 unspecified atom stereocenters. The molecule has 0 amide bonds. The van der Waals surface area contributed by atoms with Crippen LogP contribution in [0, 0.1) is 0 Å². The number of ether oxygens (including phenoxy) is 1. The van der Waals surface area contributed by atoms with Crippen LogP contribution in [-0.4, -0.2) is 37.5 Å². The van der Waals surface area contributed by atoms with Crippen LogP contribution in [0.2, 0.25) is 0 Å². The van der Waals surface area contributed by atoms with Crippen LogP contribution >= 0.6 is 0 Å². The van der Waals surface area contributed by atoms with Gasteiger partial charge in [0.1, 0.15) is 0 Å². The zero-order valence-electron chi connectivity index (χ0n) is 7.63. The lowest BCUT2D eigenvalue weighted by atomic mass is 10.2. The van der Waals surface area contributed by atoms with Crippen molar-refractivity contribution in [3.8, 4) is 0 Å². The Balaban J connectivity index is 3.10. The predicted molar refractivity (Wildman–Crippen MR) is 45.6 cm³/mol. The summed E-state index contributed by atoms with van der Waals surface area (Å²) in [6, 6.07) is 0.173. The molecule has 0 aromatic carbocycles. The van der Waals surface area contributed by atoms with Crippen LogP contribution in [0.4, 0.5) is 0 Å². The number of hydrogen-bond acceptors (Lipinski definition) is 3. The fourth-order valence-electron chi connectivity index (χ4n) is 0.717. The molecule has 0 heterocycles. The molecule has 3 nitrogen and oxygen atoms in total. The first-order chi connectivity index (χ1) is 5.18. The molecule has 0 aliphatic heterocycles. The van der Waals surface area contributed by atoms with Gasteiger partial charge >= 0.3 is 0 Å². The summed E-state index contributed by atoms with van der Waals surface area (Å²) < 4.78 is 4.88. The Morgan fingerprint density at radius 2 is 2.09 bits per heavy atom. The molecule has 0 aromatic rings.